The van der Waals surface area contributed by atoms with Gasteiger partial charge in [-0.3, -0.25) is 5.41 Å². The Morgan fingerprint density at radius 2 is 1.47 bits per heavy atom. The summed E-state index contributed by atoms with van der Waals surface area (Å²) in [6, 6.07) is 32.8. The van der Waals surface area contributed by atoms with E-state index in [0.717, 1.165) is 12.0 Å². The lowest BCUT2D eigenvalue weighted by Crippen LogP contribution is -2.60. The zero-order valence-corrected chi connectivity index (χ0v) is 20.5. The Hall–Kier alpha value is -4.64. The summed E-state index contributed by atoms with van der Waals surface area (Å²) < 4.78 is 18.7. The zero-order chi connectivity index (χ0) is 26.4. The van der Waals surface area contributed by atoms with Crippen molar-refractivity contribution in [2.24, 2.45) is 16.7 Å². The Bertz CT molecular complexity index is 1510. The molecular weight excluding hydrogens is 476 g/mol. The van der Waals surface area contributed by atoms with Crippen LogP contribution in [-0.4, -0.2) is 11.7 Å². The van der Waals surface area contributed by atoms with E-state index in [1.54, 1.807) is 24.3 Å². The van der Waals surface area contributed by atoms with Crippen LogP contribution >= 0.6 is 0 Å². The lowest BCUT2D eigenvalue weighted by molar-refractivity contribution is -0.296. The fraction of sp³-hybridized carbons (Fsp3) is 0.290. The van der Waals surface area contributed by atoms with Gasteiger partial charge in [-0.1, -0.05) is 60.7 Å². The molecule has 0 amide bonds. The normalized spacial score (nSPS) is 30.6. The predicted octanol–water partition coefficient (Wildman–Crippen LogP) is 6.38. The Morgan fingerprint density at radius 1 is 0.816 bits per heavy atom. The molecule has 38 heavy (non-hydrogen) atoms. The minimum absolute atomic E-state index is 0.0920. The van der Waals surface area contributed by atoms with E-state index in [-0.39, 0.29) is 11.8 Å². The Labute approximate surface area is 220 Å². The molecule has 1 saturated carbocycles. The lowest BCUT2D eigenvalue weighted by atomic mass is 9.50. The second-order valence-corrected chi connectivity index (χ2v) is 10.1. The number of ether oxygens (including phenoxy) is 3. The van der Waals surface area contributed by atoms with Gasteiger partial charge in [-0.15, -0.1) is 0 Å². The second-order valence-electron chi connectivity index (χ2n) is 10.1. The third-order valence-corrected chi connectivity index (χ3v) is 8.32. The van der Waals surface area contributed by atoms with Crippen LogP contribution in [0.2, 0.25) is 0 Å². The van der Waals surface area contributed by atoms with Crippen LogP contribution in [0.1, 0.15) is 42.4 Å². The predicted molar refractivity (Wildman–Crippen MR) is 137 cm³/mol. The number of nitriles is 3. The van der Waals surface area contributed by atoms with Crippen LogP contribution < -0.4 is 4.74 Å². The molecule has 5 unspecified atom stereocenters. The Morgan fingerprint density at radius 3 is 2.16 bits per heavy atom. The molecule has 7 nitrogen and oxygen atoms in total. The molecule has 3 fully saturated rings. The molecule has 3 aliphatic rings. The molecule has 2 bridgehead atoms. The molecule has 1 N–H and O–H groups in total. The lowest BCUT2D eigenvalue weighted by Gasteiger charge is -2.52. The van der Waals surface area contributed by atoms with E-state index >= 15 is 0 Å². The molecule has 0 aromatic heterocycles. The highest BCUT2D eigenvalue weighted by atomic mass is 16.7. The number of para-hydroxylation sites is 1. The van der Waals surface area contributed by atoms with E-state index in [2.05, 4.69) is 18.2 Å². The van der Waals surface area contributed by atoms with Gasteiger partial charge in [-0.2, -0.15) is 15.8 Å². The number of nitrogens with one attached hydrogen (secondary N) is 1. The molecule has 3 aromatic rings. The molecule has 186 valence electrons. The summed E-state index contributed by atoms with van der Waals surface area (Å²) in [5.74, 6) is -1.04. The van der Waals surface area contributed by atoms with E-state index in [0.29, 0.717) is 29.9 Å². The van der Waals surface area contributed by atoms with Gasteiger partial charge in [0.15, 0.2) is 5.41 Å². The molecular formula is C31H24N4O3. The molecule has 1 aliphatic carbocycles. The van der Waals surface area contributed by atoms with Crippen LogP contribution in [-0.2, 0) is 9.47 Å². The topological polar surface area (TPSA) is 123 Å². The van der Waals surface area contributed by atoms with Crippen molar-refractivity contribution < 1.29 is 14.2 Å². The van der Waals surface area contributed by atoms with Crippen molar-refractivity contribution in [1.29, 1.82) is 21.2 Å². The summed E-state index contributed by atoms with van der Waals surface area (Å²) in [4.78, 5) is 0. The third kappa shape index (κ3) is 3.18. The number of rotatable bonds is 4. The average Bonchev–Trinajstić information content (AvgIpc) is 3.17. The molecule has 7 heteroatoms. The summed E-state index contributed by atoms with van der Waals surface area (Å²) in [6.45, 7) is 0. The van der Waals surface area contributed by atoms with Gasteiger partial charge in [0, 0.05) is 6.42 Å². The minimum Gasteiger partial charge on any atom is -0.457 e. The van der Waals surface area contributed by atoms with Crippen molar-refractivity contribution in [1.82, 2.24) is 0 Å². The quantitative estimate of drug-likeness (QED) is 0.443. The molecule has 2 heterocycles. The van der Waals surface area contributed by atoms with Crippen LogP contribution in [0.4, 0.5) is 0 Å². The van der Waals surface area contributed by atoms with E-state index in [4.69, 9.17) is 19.6 Å². The molecule has 0 spiro atoms. The van der Waals surface area contributed by atoms with Crippen LogP contribution in [0.3, 0.4) is 0 Å². The van der Waals surface area contributed by atoms with E-state index in [9.17, 15) is 15.8 Å². The minimum atomic E-state index is -2.01. The highest BCUT2D eigenvalue weighted by Crippen LogP contribution is 2.70. The molecule has 2 saturated heterocycles. The van der Waals surface area contributed by atoms with Gasteiger partial charge in [0.1, 0.15) is 17.6 Å². The van der Waals surface area contributed by atoms with Gasteiger partial charge in [0.25, 0.3) is 0 Å². The van der Waals surface area contributed by atoms with Gasteiger partial charge in [-0.05, 0) is 54.2 Å². The van der Waals surface area contributed by atoms with Crippen LogP contribution in [0, 0.1) is 56.2 Å². The SMILES string of the molecule is N#CC1(C#N)C(c2cccc(Oc3ccccc3)c2)OC23CCC(c4ccccc4)CC2C1(C#N)C(=N)O3. The number of hydrogen-bond donors (Lipinski definition) is 1. The summed E-state index contributed by atoms with van der Waals surface area (Å²) in [6.07, 6.45) is 0.510. The van der Waals surface area contributed by atoms with Gasteiger partial charge < -0.3 is 14.2 Å². The summed E-state index contributed by atoms with van der Waals surface area (Å²) in [5, 5.41) is 40.7. The molecule has 5 atom stereocenters. The largest absolute Gasteiger partial charge is 0.457 e. The smallest absolute Gasteiger partial charge is 0.217 e. The average molecular weight is 501 g/mol. The Balaban J connectivity index is 1.45. The van der Waals surface area contributed by atoms with Gasteiger partial charge in [0.05, 0.1) is 24.1 Å². The van der Waals surface area contributed by atoms with Crippen molar-refractivity contribution in [2.45, 2.75) is 37.1 Å². The summed E-state index contributed by atoms with van der Waals surface area (Å²) in [5.41, 5.74) is -2.16. The van der Waals surface area contributed by atoms with Crippen molar-refractivity contribution >= 4 is 5.90 Å². The van der Waals surface area contributed by atoms with E-state index < -0.39 is 28.6 Å². The maximum atomic E-state index is 10.7. The first-order valence-corrected chi connectivity index (χ1v) is 12.6. The highest BCUT2D eigenvalue weighted by Gasteiger charge is 2.81. The van der Waals surface area contributed by atoms with E-state index in [1.165, 1.54) is 0 Å². The third-order valence-electron chi connectivity index (χ3n) is 8.32. The molecule has 0 radical (unpaired) electrons. The first kappa shape index (κ1) is 23.7. The highest BCUT2D eigenvalue weighted by molar-refractivity contribution is 5.89. The number of benzene rings is 3. The second kappa shape index (κ2) is 8.73. The van der Waals surface area contributed by atoms with Gasteiger partial charge in [0.2, 0.25) is 17.1 Å². The fourth-order valence-electron chi connectivity index (χ4n) is 6.53. The standard InChI is InChI=1S/C31H24N4O3/c32-18-29(19-33)27(23-10-7-13-25(16-23)36-24-11-5-2-6-12-24)37-31-15-14-22(21-8-3-1-4-9-21)17-26(31)30(29,20-34)28(35)38-31/h1-13,16,22,26-27,35H,14-15,17H2. The molecule has 2 aliphatic heterocycles. The maximum absolute atomic E-state index is 10.7. The Kier molecular flexibility index (Phi) is 5.46. The van der Waals surface area contributed by atoms with Crippen molar-refractivity contribution in [3.05, 3.63) is 96.1 Å². The zero-order valence-electron chi connectivity index (χ0n) is 20.5. The maximum Gasteiger partial charge on any atom is 0.217 e. The molecule has 3 aromatic carbocycles. The summed E-state index contributed by atoms with van der Waals surface area (Å²) >= 11 is 0. The van der Waals surface area contributed by atoms with Crippen LogP contribution in [0.5, 0.6) is 11.5 Å². The van der Waals surface area contributed by atoms with Gasteiger partial charge >= 0.3 is 0 Å². The first-order chi connectivity index (χ1) is 18.5. The van der Waals surface area contributed by atoms with Crippen LogP contribution in [0.15, 0.2) is 84.9 Å². The van der Waals surface area contributed by atoms with Gasteiger partial charge in [-0.25, -0.2) is 0 Å². The van der Waals surface area contributed by atoms with Crippen molar-refractivity contribution in [3.63, 3.8) is 0 Å². The van der Waals surface area contributed by atoms with Crippen molar-refractivity contribution in [2.75, 3.05) is 0 Å². The van der Waals surface area contributed by atoms with Crippen molar-refractivity contribution in [3.8, 4) is 29.7 Å². The van der Waals surface area contributed by atoms with Crippen LogP contribution in [0.25, 0.3) is 0 Å². The summed E-state index contributed by atoms with van der Waals surface area (Å²) in [7, 11) is 0. The number of nitrogens with zero attached hydrogens (tertiary/aromatic N) is 3. The monoisotopic (exact) mass is 500 g/mol. The van der Waals surface area contributed by atoms with E-state index in [1.807, 2.05) is 60.7 Å². The number of hydrogen-bond acceptors (Lipinski definition) is 7. The molecule has 6 rings (SSSR count). The fourth-order valence-corrected chi connectivity index (χ4v) is 6.53. The first-order valence-electron chi connectivity index (χ1n) is 12.6.